The fraction of sp³-hybridized carbons (Fsp3) is 0.238. The number of amides is 1. The van der Waals surface area contributed by atoms with Crippen molar-refractivity contribution in [1.29, 1.82) is 0 Å². The average Bonchev–Trinajstić information content (AvgIpc) is 2.75. The monoisotopic (exact) mass is 447 g/mol. The molecule has 2 aromatic carbocycles. The number of anilines is 1. The molecule has 0 aliphatic heterocycles. The Morgan fingerprint density at radius 1 is 1.16 bits per heavy atom. The van der Waals surface area contributed by atoms with Crippen LogP contribution in [0.1, 0.15) is 5.56 Å². The van der Waals surface area contributed by atoms with Gasteiger partial charge in [-0.2, -0.15) is 5.10 Å². The number of hydrogen-bond donors (Lipinski definition) is 1. The zero-order valence-electron chi connectivity index (χ0n) is 17.6. The van der Waals surface area contributed by atoms with E-state index in [0.717, 1.165) is 10.6 Å². The summed E-state index contributed by atoms with van der Waals surface area (Å²) in [6, 6.07) is 11.7. The van der Waals surface area contributed by atoms with Gasteiger partial charge in [-0.25, -0.2) is 13.8 Å². The number of hydrogen-bond acceptors (Lipinski definition) is 7. The Labute approximate surface area is 182 Å². The van der Waals surface area contributed by atoms with E-state index in [4.69, 9.17) is 14.2 Å². The second-order valence-corrected chi connectivity index (χ2v) is 8.18. The van der Waals surface area contributed by atoms with Gasteiger partial charge < -0.3 is 14.2 Å². The first kappa shape index (κ1) is 23.7. The molecular weight excluding hydrogens is 422 g/mol. The quantitative estimate of drug-likeness (QED) is 0.322. The maximum absolute atomic E-state index is 12.4. The van der Waals surface area contributed by atoms with E-state index in [1.54, 1.807) is 36.4 Å². The molecule has 0 bridgehead atoms. The first-order valence-corrected chi connectivity index (χ1v) is 11.0. The maximum atomic E-state index is 12.4. The second kappa shape index (κ2) is 11.0. The molecule has 0 aromatic heterocycles. The molecule has 0 heterocycles. The van der Waals surface area contributed by atoms with Gasteiger partial charge in [-0.15, -0.1) is 0 Å². The minimum absolute atomic E-state index is 0.206. The van der Waals surface area contributed by atoms with Crippen LogP contribution < -0.4 is 23.9 Å². The summed E-state index contributed by atoms with van der Waals surface area (Å²) in [5, 5.41) is 3.89. The topological polar surface area (TPSA) is 107 Å². The van der Waals surface area contributed by atoms with E-state index in [1.807, 2.05) is 0 Å². The maximum Gasteiger partial charge on any atom is 0.260 e. The number of benzene rings is 2. The molecule has 0 saturated heterocycles. The third kappa shape index (κ3) is 7.03. The summed E-state index contributed by atoms with van der Waals surface area (Å²) in [7, 11) is -0.901. The zero-order chi connectivity index (χ0) is 22.9. The van der Waals surface area contributed by atoms with Crippen LogP contribution in [0, 0.1) is 0 Å². The van der Waals surface area contributed by atoms with Gasteiger partial charge in [0.15, 0.2) is 0 Å². The van der Waals surface area contributed by atoms with E-state index < -0.39 is 22.5 Å². The summed E-state index contributed by atoms with van der Waals surface area (Å²) < 4.78 is 41.4. The number of hydrazone groups is 1. The number of nitrogens with zero attached hydrogens (tertiary/aromatic N) is 2. The molecule has 31 heavy (non-hydrogen) atoms. The molecule has 2 aromatic rings. The van der Waals surface area contributed by atoms with Gasteiger partial charge in [0.25, 0.3) is 5.91 Å². The summed E-state index contributed by atoms with van der Waals surface area (Å²) in [6.45, 7) is 3.47. The third-order valence-electron chi connectivity index (χ3n) is 3.97. The number of sulfonamides is 1. The highest BCUT2D eigenvalue weighted by Crippen LogP contribution is 2.33. The molecule has 9 nitrogen and oxygen atoms in total. The lowest BCUT2D eigenvalue weighted by Gasteiger charge is -2.23. The smallest absolute Gasteiger partial charge is 0.260 e. The van der Waals surface area contributed by atoms with Crippen molar-refractivity contribution in [3.63, 3.8) is 0 Å². The Hall–Kier alpha value is -3.53. The van der Waals surface area contributed by atoms with Gasteiger partial charge in [0.2, 0.25) is 10.0 Å². The van der Waals surface area contributed by atoms with E-state index in [0.29, 0.717) is 23.7 Å². The number of methoxy groups -OCH3 is 2. The van der Waals surface area contributed by atoms with E-state index >= 15 is 0 Å². The highest BCUT2D eigenvalue weighted by Gasteiger charge is 2.24. The van der Waals surface area contributed by atoms with Gasteiger partial charge >= 0.3 is 0 Å². The van der Waals surface area contributed by atoms with Gasteiger partial charge in [0.05, 0.1) is 32.4 Å². The summed E-state index contributed by atoms with van der Waals surface area (Å²) in [5.74, 6) is 0.739. The normalized spacial score (nSPS) is 11.1. The van der Waals surface area contributed by atoms with Crippen molar-refractivity contribution < 1.29 is 27.4 Å². The fourth-order valence-electron chi connectivity index (χ4n) is 2.56. The minimum atomic E-state index is -3.78. The minimum Gasteiger partial charge on any atom is -0.497 e. The first-order chi connectivity index (χ1) is 14.8. The average molecular weight is 448 g/mol. The molecule has 1 amide bonds. The zero-order valence-corrected chi connectivity index (χ0v) is 18.4. The Balaban J connectivity index is 2.12. The van der Waals surface area contributed by atoms with Crippen molar-refractivity contribution in [2.24, 2.45) is 5.10 Å². The summed E-state index contributed by atoms with van der Waals surface area (Å²) in [5.41, 5.74) is 3.23. The van der Waals surface area contributed by atoms with Crippen LogP contribution in [-0.4, -0.2) is 54.2 Å². The molecule has 1 N–H and O–H groups in total. The van der Waals surface area contributed by atoms with Crippen molar-refractivity contribution in [1.82, 2.24) is 5.43 Å². The standard InChI is InChI=1S/C21H25N3O6S/c1-5-11-30-18-8-6-7-16(12-18)14-22-23-21(25)15-24(31(4,26)27)19-10-9-17(28-2)13-20(19)29-3/h5-10,12-14H,1,11,15H2,2-4H3,(H,23,25)/b22-14-. The molecule has 166 valence electrons. The van der Waals surface area contributed by atoms with Gasteiger partial charge in [0, 0.05) is 6.07 Å². The number of carbonyl (C=O) groups excluding carboxylic acids is 1. The van der Waals surface area contributed by atoms with Gasteiger partial charge in [0.1, 0.15) is 30.4 Å². The van der Waals surface area contributed by atoms with Crippen molar-refractivity contribution >= 4 is 27.8 Å². The Morgan fingerprint density at radius 2 is 1.94 bits per heavy atom. The SMILES string of the molecule is C=CCOc1cccc(/C=N\NC(=O)CN(c2ccc(OC)cc2OC)S(C)(=O)=O)c1. The molecule has 0 aliphatic rings. The Kier molecular flexibility index (Phi) is 8.44. The van der Waals surface area contributed by atoms with Crippen molar-refractivity contribution in [3.8, 4) is 17.2 Å². The molecule has 2 rings (SSSR count). The molecule has 0 fully saturated rings. The van der Waals surface area contributed by atoms with Crippen LogP contribution in [-0.2, 0) is 14.8 Å². The van der Waals surface area contributed by atoms with Crippen LogP contribution in [0.5, 0.6) is 17.2 Å². The van der Waals surface area contributed by atoms with E-state index in [9.17, 15) is 13.2 Å². The summed E-state index contributed by atoms with van der Waals surface area (Å²) >= 11 is 0. The summed E-state index contributed by atoms with van der Waals surface area (Å²) in [6.07, 6.45) is 4.06. The summed E-state index contributed by atoms with van der Waals surface area (Å²) in [4.78, 5) is 12.4. The van der Waals surface area contributed by atoms with Crippen molar-refractivity contribution in [2.45, 2.75) is 0 Å². The van der Waals surface area contributed by atoms with Crippen molar-refractivity contribution in [3.05, 3.63) is 60.7 Å². The second-order valence-electron chi connectivity index (χ2n) is 6.27. The molecule has 0 radical (unpaired) electrons. The largest absolute Gasteiger partial charge is 0.497 e. The highest BCUT2D eigenvalue weighted by atomic mass is 32.2. The predicted octanol–water partition coefficient (Wildman–Crippen LogP) is 2.18. The van der Waals surface area contributed by atoms with Crippen LogP contribution in [0.15, 0.2) is 60.2 Å². The van der Waals surface area contributed by atoms with E-state index in [1.165, 1.54) is 32.6 Å². The van der Waals surface area contributed by atoms with Crippen LogP contribution in [0.4, 0.5) is 5.69 Å². The van der Waals surface area contributed by atoms with Gasteiger partial charge in [-0.05, 0) is 29.8 Å². The molecule has 10 heteroatoms. The molecule has 0 atom stereocenters. The molecular formula is C21H25N3O6S. The van der Waals surface area contributed by atoms with Gasteiger partial charge in [-0.3, -0.25) is 9.10 Å². The number of carbonyl (C=O) groups is 1. The lowest BCUT2D eigenvalue weighted by molar-refractivity contribution is -0.119. The fourth-order valence-corrected chi connectivity index (χ4v) is 3.42. The van der Waals surface area contributed by atoms with Crippen LogP contribution in [0.2, 0.25) is 0 Å². The van der Waals surface area contributed by atoms with Gasteiger partial charge in [-0.1, -0.05) is 24.8 Å². The highest BCUT2D eigenvalue weighted by molar-refractivity contribution is 7.92. The van der Waals surface area contributed by atoms with E-state index in [2.05, 4.69) is 17.1 Å². The predicted molar refractivity (Wildman–Crippen MR) is 120 cm³/mol. The molecule has 0 spiro atoms. The van der Waals surface area contributed by atoms with E-state index in [-0.39, 0.29) is 11.4 Å². The Morgan fingerprint density at radius 3 is 2.58 bits per heavy atom. The number of nitrogens with one attached hydrogen (secondary N) is 1. The van der Waals surface area contributed by atoms with Crippen molar-refractivity contribution in [2.75, 3.05) is 37.9 Å². The third-order valence-corrected chi connectivity index (χ3v) is 5.10. The Bertz CT molecular complexity index is 1050. The van der Waals surface area contributed by atoms with Crippen LogP contribution in [0.25, 0.3) is 0 Å². The first-order valence-electron chi connectivity index (χ1n) is 9.14. The molecule has 0 aliphatic carbocycles. The molecule has 0 unspecified atom stereocenters. The van der Waals surface area contributed by atoms with Crippen LogP contribution in [0.3, 0.4) is 0 Å². The lowest BCUT2D eigenvalue weighted by atomic mass is 10.2. The number of ether oxygens (including phenoxy) is 3. The van der Waals surface area contributed by atoms with Crippen LogP contribution >= 0.6 is 0 Å². The molecule has 0 saturated carbocycles. The number of rotatable bonds is 11. The lowest BCUT2D eigenvalue weighted by Crippen LogP contribution is -2.39.